The molecule has 0 spiro atoms. The van der Waals surface area contributed by atoms with Gasteiger partial charge < -0.3 is 5.73 Å². The van der Waals surface area contributed by atoms with E-state index in [2.05, 4.69) is 13.8 Å². The lowest BCUT2D eigenvalue weighted by molar-refractivity contribution is 0.427. The fraction of sp³-hybridized carbons (Fsp3) is 0.571. The molecule has 5 heteroatoms. The topological polar surface area (TPSA) is 63.4 Å². The molecule has 1 aromatic rings. The minimum absolute atomic E-state index is 0.382. The van der Waals surface area contributed by atoms with Crippen molar-refractivity contribution in [1.82, 2.24) is 4.31 Å². The standard InChI is InChI=1S/C14H24N2O2S/c1-10(2)6-7-16(5)19(17,18)14-11(3)8-13(15)9-12(14)4/h8-10H,6-7,15H2,1-5H3. The van der Waals surface area contributed by atoms with E-state index in [1.807, 2.05) is 0 Å². The number of nitrogens with zero attached hydrogens (tertiary/aromatic N) is 1. The number of benzene rings is 1. The summed E-state index contributed by atoms with van der Waals surface area (Å²) in [5.41, 5.74) is 7.74. The lowest BCUT2D eigenvalue weighted by atomic mass is 10.1. The fourth-order valence-electron chi connectivity index (χ4n) is 2.11. The van der Waals surface area contributed by atoms with Gasteiger partial charge in [-0.15, -0.1) is 0 Å². The van der Waals surface area contributed by atoms with Gasteiger partial charge in [-0.05, 0) is 49.4 Å². The van der Waals surface area contributed by atoms with Gasteiger partial charge in [0, 0.05) is 19.3 Å². The van der Waals surface area contributed by atoms with Gasteiger partial charge in [0.15, 0.2) is 0 Å². The molecule has 0 amide bonds. The first-order valence-electron chi connectivity index (χ1n) is 6.49. The lowest BCUT2D eigenvalue weighted by Crippen LogP contribution is -2.29. The van der Waals surface area contributed by atoms with Gasteiger partial charge in [-0.2, -0.15) is 0 Å². The van der Waals surface area contributed by atoms with Crippen molar-refractivity contribution in [2.45, 2.75) is 39.0 Å². The number of hydrogen-bond acceptors (Lipinski definition) is 3. The number of hydrogen-bond donors (Lipinski definition) is 1. The van der Waals surface area contributed by atoms with E-state index in [0.29, 0.717) is 34.2 Å². The molecular formula is C14H24N2O2S. The van der Waals surface area contributed by atoms with E-state index in [0.717, 1.165) is 6.42 Å². The van der Waals surface area contributed by atoms with E-state index < -0.39 is 10.0 Å². The van der Waals surface area contributed by atoms with Gasteiger partial charge in [-0.1, -0.05) is 13.8 Å². The molecule has 108 valence electrons. The molecule has 0 aliphatic carbocycles. The smallest absolute Gasteiger partial charge is 0.243 e. The van der Waals surface area contributed by atoms with Crippen LogP contribution in [0.15, 0.2) is 17.0 Å². The van der Waals surface area contributed by atoms with Crippen LogP contribution in [0.3, 0.4) is 0 Å². The monoisotopic (exact) mass is 284 g/mol. The number of nitrogen functional groups attached to an aromatic ring is 1. The normalized spacial score (nSPS) is 12.4. The van der Waals surface area contributed by atoms with Gasteiger partial charge in [0.1, 0.15) is 0 Å². The molecule has 0 radical (unpaired) electrons. The van der Waals surface area contributed by atoms with Gasteiger partial charge in [-0.25, -0.2) is 12.7 Å². The average molecular weight is 284 g/mol. The zero-order valence-corrected chi connectivity index (χ0v) is 13.2. The Morgan fingerprint density at radius 2 is 1.68 bits per heavy atom. The zero-order chi connectivity index (χ0) is 14.8. The summed E-state index contributed by atoms with van der Waals surface area (Å²) in [4.78, 5) is 0.382. The Hall–Kier alpha value is -1.07. The third kappa shape index (κ3) is 3.70. The quantitative estimate of drug-likeness (QED) is 0.845. The van der Waals surface area contributed by atoms with E-state index >= 15 is 0 Å². The molecule has 0 bridgehead atoms. The van der Waals surface area contributed by atoms with Crippen LogP contribution in [0.5, 0.6) is 0 Å². The fourth-order valence-corrected chi connectivity index (χ4v) is 3.70. The molecule has 0 aliphatic rings. The van der Waals surface area contributed by atoms with Crippen LogP contribution >= 0.6 is 0 Å². The molecule has 0 aliphatic heterocycles. The molecule has 0 fully saturated rings. The third-order valence-corrected chi connectivity index (χ3v) is 5.34. The number of rotatable bonds is 5. The van der Waals surface area contributed by atoms with Crippen molar-refractivity contribution in [3.63, 3.8) is 0 Å². The number of aryl methyl sites for hydroxylation is 2. The second-order valence-corrected chi connectivity index (χ2v) is 7.47. The molecular weight excluding hydrogens is 260 g/mol. The highest BCUT2D eigenvalue weighted by atomic mass is 32.2. The van der Waals surface area contributed by atoms with Crippen LogP contribution in [0.25, 0.3) is 0 Å². The average Bonchev–Trinajstić information content (AvgIpc) is 2.23. The first-order valence-corrected chi connectivity index (χ1v) is 7.93. The Morgan fingerprint density at radius 1 is 1.21 bits per heavy atom. The van der Waals surface area contributed by atoms with E-state index in [1.165, 1.54) is 4.31 Å². The highest BCUT2D eigenvalue weighted by Crippen LogP contribution is 2.25. The maximum absolute atomic E-state index is 12.6. The second kappa shape index (κ2) is 5.92. The van der Waals surface area contributed by atoms with Crippen LogP contribution in [0.4, 0.5) is 5.69 Å². The third-order valence-electron chi connectivity index (χ3n) is 3.17. The Morgan fingerprint density at radius 3 is 2.11 bits per heavy atom. The summed E-state index contributed by atoms with van der Waals surface area (Å²) in [6.45, 7) is 8.27. The van der Waals surface area contributed by atoms with Crippen LogP contribution in [0, 0.1) is 19.8 Å². The molecule has 4 nitrogen and oxygen atoms in total. The zero-order valence-electron chi connectivity index (χ0n) is 12.4. The van der Waals surface area contributed by atoms with Crippen molar-refractivity contribution in [3.8, 4) is 0 Å². The molecule has 2 N–H and O–H groups in total. The van der Waals surface area contributed by atoms with Gasteiger partial charge in [0.2, 0.25) is 10.0 Å². The molecule has 1 aromatic carbocycles. The molecule has 1 rings (SSSR count). The van der Waals surface area contributed by atoms with Crippen molar-refractivity contribution < 1.29 is 8.42 Å². The summed E-state index contributed by atoms with van der Waals surface area (Å²) in [7, 11) is -1.80. The second-order valence-electron chi connectivity index (χ2n) is 5.49. The summed E-state index contributed by atoms with van der Waals surface area (Å²) in [5, 5.41) is 0. The van der Waals surface area contributed by atoms with Gasteiger partial charge in [-0.3, -0.25) is 0 Å². The largest absolute Gasteiger partial charge is 0.399 e. The van der Waals surface area contributed by atoms with Crippen LogP contribution in [-0.2, 0) is 10.0 Å². The molecule has 0 aromatic heterocycles. The van der Waals surface area contributed by atoms with Crippen LogP contribution in [-0.4, -0.2) is 26.3 Å². The van der Waals surface area contributed by atoms with Crippen molar-refractivity contribution >= 4 is 15.7 Å². The SMILES string of the molecule is Cc1cc(N)cc(C)c1S(=O)(=O)N(C)CCC(C)C. The number of sulfonamides is 1. The first kappa shape index (κ1) is 16.0. The van der Waals surface area contributed by atoms with Gasteiger partial charge in [0.05, 0.1) is 4.90 Å². The van der Waals surface area contributed by atoms with Gasteiger partial charge in [0.25, 0.3) is 0 Å². The van der Waals surface area contributed by atoms with E-state index in [9.17, 15) is 8.42 Å². The van der Waals surface area contributed by atoms with Crippen LogP contribution in [0.2, 0.25) is 0 Å². The molecule has 0 saturated heterocycles. The van der Waals surface area contributed by atoms with Gasteiger partial charge >= 0.3 is 0 Å². The number of anilines is 1. The highest BCUT2D eigenvalue weighted by Gasteiger charge is 2.24. The molecule has 0 heterocycles. The summed E-state index contributed by atoms with van der Waals surface area (Å²) >= 11 is 0. The number of nitrogens with two attached hydrogens (primary N) is 1. The summed E-state index contributed by atoms with van der Waals surface area (Å²) in [6.07, 6.45) is 0.850. The minimum Gasteiger partial charge on any atom is -0.399 e. The molecule has 0 atom stereocenters. The van der Waals surface area contributed by atoms with Crippen LogP contribution < -0.4 is 5.73 Å². The predicted molar refractivity (Wildman–Crippen MR) is 79.6 cm³/mol. The van der Waals surface area contributed by atoms with E-state index in [1.54, 1.807) is 33.0 Å². The van der Waals surface area contributed by atoms with Crippen molar-refractivity contribution in [2.75, 3.05) is 19.3 Å². The summed E-state index contributed by atoms with van der Waals surface area (Å²) in [5.74, 6) is 0.478. The molecule has 0 unspecified atom stereocenters. The predicted octanol–water partition coefficient (Wildman–Crippen LogP) is 2.55. The highest BCUT2D eigenvalue weighted by molar-refractivity contribution is 7.89. The summed E-state index contributed by atoms with van der Waals surface area (Å²) in [6, 6.07) is 3.41. The Kier molecular flexibility index (Phi) is 4.98. The Labute approximate surface area is 116 Å². The maximum atomic E-state index is 12.6. The first-order chi connectivity index (χ1) is 8.66. The van der Waals surface area contributed by atoms with E-state index in [4.69, 9.17) is 5.73 Å². The van der Waals surface area contributed by atoms with Crippen LogP contribution in [0.1, 0.15) is 31.4 Å². The Balaban J connectivity index is 3.14. The maximum Gasteiger partial charge on any atom is 0.243 e. The lowest BCUT2D eigenvalue weighted by Gasteiger charge is -2.21. The van der Waals surface area contributed by atoms with Crippen molar-refractivity contribution in [1.29, 1.82) is 0 Å². The molecule has 19 heavy (non-hydrogen) atoms. The Bertz CT molecular complexity index is 528. The summed E-state index contributed by atoms with van der Waals surface area (Å²) < 4.78 is 26.6. The molecule has 0 saturated carbocycles. The van der Waals surface area contributed by atoms with Crippen molar-refractivity contribution in [3.05, 3.63) is 23.3 Å². The van der Waals surface area contributed by atoms with Crippen molar-refractivity contribution in [2.24, 2.45) is 5.92 Å². The van der Waals surface area contributed by atoms with E-state index in [-0.39, 0.29) is 0 Å². The minimum atomic E-state index is -3.43.